The Balaban J connectivity index is 3.69. The molecule has 0 aliphatic heterocycles. The highest BCUT2D eigenvalue weighted by molar-refractivity contribution is 6.04. The molecule has 11 heteroatoms. The lowest BCUT2D eigenvalue weighted by Gasteiger charge is -2.16. The number of nitrogens with two attached hydrogens (primary N) is 6. The Kier molecular flexibility index (Phi) is 3.96. The predicted molar refractivity (Wildman–Crippen MR) is 59.3 cm³/mol. The Bertz CT molecular complexity index is 447. The van der Waals surface area contributed by atoms with Crippen molar-refractivity contribution in [2.24, 2.45) is 23.6 Å². The van der Waals surface area contributed by atoms with Crippen LogP contribution >= 0.6 is 0 Å². The molecule has 1 rings (SSSR count). The molecule has 0 heterocycles. The molecule has 18 heavy (non-hydrogen) atoms. The first-order chi connectivity index (χ1) is 8.53. The Hall–Kier alpha value is -2.47. The number of rotatable bonds is 4. The van der Waals surface area contributed by atoms with E-state index < -0.39 is 5.97 Å². The second-order valence-electron chi connectivity index (χ2n) is 2.95. The summed E-state index contributed by atoms with van der Waals surface area (Å²) in [7, 11) is 0. The van der Waals surface area contributed by atoms with Crippen molar-refractivity contribution in [3.05, 3.63) is 5.56 Å². The molecule has 0 saturated carbocycles. The van der Waals surface area contributed by atoms with Gasteiger partial charge >= 0.3 is 5.97 Å². The van der Waals surface area contributed by atoms with Crippen LogP contribution in [0.4, 0.5) is 11.4 Å². The van der Waals surface area contributed by atoms with Crippen molar-refractivity contribution in [2.45, 2.75) is 0 Å². The van der Waals surface area contributed by atoms with E-state index in [2.05, 4.69) is 19.4 Å². The topological polar surface area (TPSA) is 210 Å². The molecule has 0 fully saturated rings. The minimum atomic E-state index is -1.05. The summed E-state index contributed by atoms with van der Waals surface area (Å²) >= 11 is 0. The lowest BCUT2D eigenvalue weighted by atomic mass is 10.1. The van der Waals surface area contributed by atoms with Gasteiger partial charge in [-0.3, -0.25) is 0 Å². The first-order valence-electron chi connectivity index (χ1n) is 4.29. The zero-order valence-electron chi connectivity index (χ0n) is 9.01. The maximum Gasteiger partial charge on any atom is 0.361 e. The second kappa shape index (κ2) is 5.24. The average molecular weight is 260 g/mol. The third-order valence-electron chi connectivity index (χ3n) is 2.11. The van der Waals surface area contributed by atoms with Crippen LogP contribution in [0.3, 0.4) is 0 Å². The zero-order chi connectivity index (χ0) is 13.9. The van der Waals surface area contributed by atoms with Gasteiger partial charge in [0.25, 0.3) is 0 Å². The van der Waals surface area contributed by atoms with Gasteiger partial charge in [-0.2, -0.15) is 23.6 Å². The molecule has 0 atom stereocenters. The first-order valence-corrected chi connectivity index (χ1v) is 4.29. The Labute approximate surface area is 100 Å². The Morgan fingerprint density at radius 1 is 0.778 bits per heavy atom. The fraction of sp³-hybridized carbons (Fsp3) is 0. The van der Waals surface area contributed by atoms with E-state index in [4.69, 9.17) is 35.1 Å². The minimum Gasteiger partial charge on any atom is -0.405 e. The molecule has 0 bridgehead atoms. The van der Waals surface area contributed by atoms with Crippen LogP contribution in [0, 0.1) is 0 Å². The van der Waals surface area contributed by atoms with Crippen LogP contribution in [0.5, 0.6) is 17.2 Å². The van der Waals surface area contributed by atoms with Crippen molar-refractivity contribution in [3.8, 4) is 17.2 Å². The van der Waals surface area contributed by atoms with E-state index in [0.29, 0.717) is 0 Å². The van der Waals surface area contributed by atoms with Crippen molar-refractivity contribution in [2.75, 3.05) is 11.5 Å². The van der Waals surface area contributed by atoms with E-state index in [1.807, 2.05) is 0 Å². The molecule has 0 aliphatic rings. The van der Waals surface area contributed by atoms with Gasteiger partial charge in [0.05, 0.1) is 11.4 Å². The molecular formula is C7H12N6O5. The van der Waals surface area contributed by atoms with Gasteiger partial charge in [0.2, 0.25) is 17.2 Å². The zero-order valence-corrected chi connectivity index (χ0v) is 9.01. The van der Waals surface area contributed by atoms with Gasteiger partial charge in [-0.1, -0.05) is 0 Å². The van der Waals surface area contributed by atoms with E-state index in [1.165, 1.54) is 0 Å². The van der Waals surface area contributed by atoms with Gasteiger partial charge in [0, 0.05) is 0 Å². The fourth-order valence-electron chi connectivity index (χ4n) is 1.34. The molecule has 0 saturated heterocycles. The first kappa shape index (κ1) is 13.6. The van der Waals surface area contributed by atoms with E-state index in [-0.39, 0.29) is 34.2 Å². The monoisotopic (exact) mass is 260 g/mol. The van der Waals surface area contributed by atoms with Crippen LogP contribution in [0.25, 0.3) is 0 Å². The third-order valence-corrected chi connectivity index (χ3v) is 2.11. The largest absolute Gasteiger partial charge is 0.405 e. The Morgan fingerprint density at radius 3 is 1.44 bits per heavy atom. The second-order valence-corrected chi connectivity index (χ2v) is 2.95. The van der Waals surface area contributed by atoms with Crippen LogP contribution in [-0.2, 0) is 4.84 Å². The standard InChI is InChI=1S/C7H12N6O5/c8-2-1(7(14)18-13)3(9)5(16-11)6(17-12)4(2)15-10/h8-13H2. The van der Waals surface area contributed by atoms with Gasteiger partial charge in [-0.15, -0.1) is 0 Å². The summed E-state index contributed by atoms with van der Waals surface area (Å²) in [4.78, 5) is 28.7. The molecule has 0 aliphatic carbocycles. The van der Waals surface area contributed by atoms with Crippen molar-refractivity contribution in [1.82, 2.24) is 0 Å². The molecule has 100 valence electrons. The van der Waals surface area contributed by atoms with Gasteiger partial charge in [0.15, 0.2) is 0 Å². The van der Waals surface area contributed by atoms with Crippen molar-refractivity contribution < 1.29 is 24.1 Å². The SMILES string of the molecule is NOC(=O)c1c(N)c(ON)c(ON)c(ON)c1N. The quantitative estimate of drug-likeness (QED) is 0.249. The molecule has 0 spiro atoms. The molecule has 0 unspecified atom stereocenters. The minimum absolute atomic E-state index is 0.288. The number of hydrogen-bond donors (Lipinski definition) is 6. The summed E-state index contributed by atoms with van der Waals surface area (Å²) in [5.41, 5.74) is 10.2. The fourth-order valence-corrected chi connectivity index (χ4v) is 1.34. The summed E-state index contributed by atoms with van der Waals surface area (Å²) < 4.78 is 0. The number of benzene rings is 1. The number of carbonyl (C=O) groups is 1. The van der Waals surface area contributed by atoms with Crippen molar-refractivity contribution in [1.29, 1.82) is 0 Å². The van der Waals surface area contributed by atoms with Crippen LogP contribution in [-0.4, -0.2) is 5.97 Å². The predicted octanol–water partition coefficient (Wildman–Crippen LogP) is -2.36. The van der Waals surface area contributed by atoms with E-state index in [0.717, 1.165) is 0 Å². The number of anilines is 2. The summed E-state index contributed by atoms with van der Waals surface area (Å²) in [5, 5.41) is 0. The highest BCUT2D eigenvalue weighted by atomic mass is 16.7. The summed E-state index contributed by atoms with van der Waals surface area (Å²) in [6, 6.07) is 0. The summed E-state index contributed by atoms with van der Waals surface area (Å²) in [5.74, 6) is 17.7. The molecular weight excluding hydrogens is 248 g/mol. The number of carbonyl (C=O) groups excluding carboxylic acids is 1. The average Bonchev–Trinajstić information content (AvgIpc) is 2.37. The van der Waals surface area contributed by atoms with Crippen LogP contribution in [0.15, 0.2) is 0 Å². The molecule has 0 radical (unpaired) electrons. The van der Waals surface area contributed by atoms with Gasteiger partial charge in [-0.25, -0.2) is 4.79 Å². The lowest BCUT2D eigenvalue weighted by molar-refractivity contribution is 0.0505. The van der Waals surface area contributed by atoms with Crippen molar-refractivity contribution >= 4 is 17.3 Å². The highest BCUT2D eigenvalue weighted by Gasteiger charge is 2.29. The molecule has 1 aromatic rings. The van der Waals surface area contributed by atoms with Crippen molar-refractivity contribution in [3.63, 3.8) is 0 Å². The summed E-state index contributed by atoms with van der Waals surface area (Å²) in [6.07, 6.45) is 0. The number of nitrogen functional groups attached to an aromatic ring is 2. The molecule has 11 nitrogen and oxygen atoms in total. The molecule has 0 amide bonds. The number of hydrogen-bond acceptors (Lipinski definition) is 11. The molecule has 1 aromatic carbocycles. The van der Waals surface area contributed by atoms with Gasteiger partial charge in [-0.05, 0) is 0 Å². The summed E-state index contributed by atoms with van der Waals surface area (Å²) in [6.45, 7) is 0. The van der Waals surface area contributed by atoms with Crippen LogP contribution in [0.2, 0.25) is 0 Å². The molecule has 12 N–H and O–H groups in total. The maximum atomic E-state index is 11.4. The van der Waals surface area contributed by atoms with Crippen LogP contribution < -0.4 is 49.6 Å². The van der Waals surface area contributed by atoms with E-state index in [1.54, 1.807) is 0 Å². The smallest absolute Gasteiger partial charge is 0.361 e. The molecule has 0 aromatic heterocycles. The van der Waals surface area contributed by atoms with E-state index in [9.17, 15) is 4.79 Å². The van der Waals surface area contributed by atoms with Gasteiger partial charge in [0.1, 0.15) is 5.56 Å². The maximum absolute atomic E-state index is 11.4. The normalized spacial score (nSPS) is 9.78. The lowest BCUT2D eigenvalue weighted by Crippen LogP contribution is -2.20. The van der Waals surface area contributed by atoms with Crippen LogP contribution in [0.1, 0.15) is 10.4 Å². The van der Waals surface area contributed by atoms with Gasteiger partial charge < -0.3 is 30.8 Å². The van der Waals surface area contributed by atoms with E-state index >= 15 is 0 Å². The Morgan fingerprint density at radius 2 is 1.17 bits per heavy atom. The third kappa shape index (κ3) is 1.89. The highest BCUT2D eigenvalue weighted by Crippen LogP contribution is 2.47.